The van der Waals surface area contributed by atoms with Gasteiger partial charge in [0.1, 0.15) is 12.4 Å². The summed E-state index contributed by atoms with van der Waals surface area (Å²) in [6.07, 6.45) is 2.77. The van der Waals surface area contributed by atoms with Crippen LogP contribution in [0.3, 0.4) is 0 Å². The minimum Gasteiger partial charge on any atom is -0.491 e. The minimum absolute atomic E-state index is 0.218. The Balaban J connectivity index is 1.89. The Morgan fingerprint density at radius 3 is 2.88 bits per heavy atom. The molecule has 2 unspecified atom stereocenters. The molecule has 0 aliphatic carbocycles. The van der Waals surface area contributed by atoms with Crippen molar-refractivity contribution in [1.29, 1.82) is 0 Å². The van der Waals surface area contributed by atoms with Crippen molar-refractivity contribution in [3.05, 3.63) is 22.7 Å². The van der Waals surface area contributed by atoms with Gasteiger partial charge in [-0.1, -0.05) is 15.9 Å². The normalized spacial score (nSPS) is 24.6. The van der Waals surface area contributed by atoms with Crippen molar-refractivity contribution in [2.75, 3.05) is 12.3 Å². The van der Waals surface area contributed by atoms with Gasteiger partial charge in [0, 0.05) is 16.2 Å². The van der Waals surface area contributed by atoms with Gasteiger partial charge in [-0.15, -0.1) is 0 Å². The second-order valence-electron chi connectivity index (χ2n) is 4.18. The fourth-order valence-corrected chi connectivity index (χ4v) is 2.35. The summed E-state index contributed by atoms with van der Waals surface area (Å²) in [5.74, 6) is 0.787. The predicted molar refractivity (Wildman–Crippen MR) is 67.6 cm³/mol. The van der Waals surface area contributed by atoms with Crippen LogP contribution in [0.1, 0.15) is 19.8 Å². The monoisotopic (exact) mass is 285 g/mol. The SMILES string of the molecule is CC1CCC(COc2cc(N)cc(Br)c2)O1. The molecule has 0 amide bonds. The first kappa shape index (κ1) is 11.7. The van der Waals surface area contributed by atoms with E-state index in [0.29, 0.717) is 18.4 Å². The Bertz CT molecular complexity index is 350. The molecule has 0 saturated carbocycles. The third-order valence-corrected chi connectivity index (χ3v) is 3.11. The number of rotatable bonds is 3. The number of hydrogen-bond donors (Lipinski definition) is 1. The van der Waals surface area contributed by atoms with Crippen LogP contribution in [-0.4, -0.2) is 18.8 Å². The molecule has 4 heteroatoms. The summed E-state index contributed by atoms with van der Waals surface area (Å²) in [6.45, 7) is 2.69. The first-order valence-electron chi connectivity index (χ1n) is 5.48. The lowest BCUT2D eigenvalue weighted by Gasteiger charge is -2.13. The van der Waals surface area contributed by atoms with Gasteiger partial charge >= 0.3 is 0 Å². The van der Waals surface area contributed by atoms with Crippen molar-refractivity contribution >= 4 is 21.6 Å². The van der Waals surface area contributed by atoms with Gasteiger partial charge in [-0.25, -0.2) is 0 Å². The van der Waals surface area contributed by atoms with Crippen molar-refractivity contribution in [2.45, 2.75) is 32.0 Å². The molecule has 0 radical (unpaired) electrons. The van der Waals surface area contributed by atoms with E-state index in [1.807, 2.05) is 18.2 Å². The molecule has 3 nitrogen and oxygen atoms in total. The summed E-state index contributed by atoms with van der Waals surface area (Å²) < 4.78 is 12.3. The summed E-state index contributed by atoms with van der Waals surface area (Å²) in [6, 6.07) is 5.58. The van der Waals surface area contributed by atoms with Crippen LogP contribution in [0, 0.1) is 0 Å². The van der Waals surface area contributed by atoms with Gasteiger partial charge in [-0.2, -0.15) is 0 Å². The summed E-state index contributed by atoms with van der Waals surface area (Å²) in [5, 5.41) is 0. The van der Waals surface area contributed by atoms with Crippen LogP contribution < -0.4 is 10.5 Å². The number of halogens is 1. The van der Waals surface area contributed by atoms with E-state index < -0.39 is 0 Å². The highest BCUT2D eigenvalue weighted by Crippen LogP contribution is 2.24. The first-order chi connectivity index (χ1) is 7.63. The fourth-order valence-electron chi connectivity index (χ4n) is 1.86. The maximum Gasteiger partial charge on any atom is 0.122 e. The number of anilines is 1. The van der Waals surface area contributed by atoms with Crippen molar-refractivity contribution in [1.82, 2.24) is 0 Å². The van der Waals surface area contributed by atoms with Gasteiger partial charge < -0.3 is 15.2 Å². The van der Waals surface area contributed by atoms with Gasteiger partial charge in [-0.05, 0) is 31.9 Å². The Kier molecular flexibility index (Phi) is 3.71. The molecular formula is C12H16BrNO2. The van der Waals surface area contributed by atoms with Crippen LogP contribution in [0.15, 0.2) is 22.7 Å². The van der Waals surface area contributed by atoms with Crippen molar-refractivity contribution in [2.24, 2.45) is 0 Å². The van der Waals surface area contributed by atoms with Gasteiger partial charge in [0.15, 0.2) is 0 Å². The molecule has 88 valence electrons. The second-order valence-corrected chi connectivity index (χ2v) is 5.09. The third-order valence-electron chi connectivity index (χ3n) is 2.65. The maximum absolute atomic E-state index is 5.72. The Morgan fingerprint density at radius 1 is 1.44 bits per heavy atom. The van der Waals surface area contributed by atoms with Gasteiger partial charge in [0.25, 0.3) is 0 Å². The quantitative estimate of drug-likeness (QED) is 0.869. The molecule has 2 N–H and O–H groups in total. The van der Waals surface area contributed by atoms with Crippen LogP contribution in [0.5, 0.6) is 5.75 Å². The molecule has 1 saturated heterocycles. The smallest absolute Gasteiger partial charge is 0.122 e. The van der Waals surface area contributed by atoms with E-state index in [9.17, 15) is 0 Å². The van der Waals surface area contributed by atoms with Crippen LogP contribution in [0.2, 0.25) is 0 Å². The van der Waals surface area contributed by atoms with E-state index in [1.54, 1.807) is 0 Å². The van der Waals surface area contributed by atoms with E-state index in [2.05, 4.69) is 22.9 Å². The highest BCUT2D eigenvalue weighted by atomic mass is 79.9. The standard InChI is InChI=1S/C12H16BrNO2/c1-8-2-3-11(16-8)7-15-12-5-9(13)4-10(14)6-12/h4-6,8,11H,2-3,7,14H2,1H3. The van der Waals surface area contributed by atoms with Crippen LogP contribution >= 0.6 is 15.9 Å². The second kappa shape index (κ2) is 5.06. The average Bonchev–Trinajstić information content (AvgIpc) is 2.60. The zero-order chi connectivity index (χ0) is 11.5. The van der Waals surface area contributed by atoms with E-state index in [-0.39, 0.29) is 6.10 Å². The Labute approximate surface area is 104 Å². The van der Waals surface area contributed by atoms with Crippen molar-refractivity contribution in [3.63, 3.8) is 0 Å². The summed E-state index contributed by atoms with van der Waals surface area (Å²) in [5.41, 5.74) is 6.42. The number of nitrogen functional groups attached to an aromatic ring is 1. The van der Waals surface area contributed by atoms with E-state index >= 15 is 0 Å². The molecule has 1 heterocycles. The largest absolute Gasteiger partial charge is 0.491 e. The van der Waals surface area contributed by atoms with Crippen molar-refractivity contribution < 1.29 is 9.47 Å². The molecule has 1 fully saturated rings. The van der Waals surface area contributed by atoms with Gasteiger partial charge in [-0.3, -0.25) is 0 Å². The molecule has 1 aromatic carbocycles. The number of benzene rings is 1. The maximum atomic E-state index is 5.72. The predicted octanol–water partition coefficient (Wildman–Crippen LogP) is 2.98. The molecule has 1 aromatic rings. The molecule has 1 aliphatic rings. The van der Waals surface area contributed by atoms with Crippen LogP contribution in [-0.2, 0) is 4.74 Å². The van der Waals surface area contributed by atoms with Crippen LogP contribution in [0.25, 0.3) is 0 Å². The molecule has 0 spiro atoms. The molecule has 16 heavy (non-hydrogen) atoms. The summed E-state index contributed by atoms with van der Waals surface area (Å²) in [4.78, 5) is 0. The lowest BCUT2D eigenvalue weighted by atomic mass is 10.2. The molecule has 2 rings (SSSR count). The zero-order valence-electron chi connectivity index (χ0n) is 9.28. The highest BCUT2D eigenvalue weighted by Gasteiger charge is 2.22. The van der Waals surface area contributed by atoms with E-state index in [0.717, 1.165) is 23.1 Å². The highest BCUT2D eigenvalue weighted by molar-refractivity contribution is 9.10. The number of nitrogens with two attached hydrogens (primary N) is 1. The number of hydrogen-bond acceptors (Lipinski definition) is 3. The average molecular weight is 286 g/mol. The fraction of sp³-hybridized carbons (Fsp3) is 0.500. The first-order valence-corrected chi connectivity index (χ1v) is 6.27. The van der Waals surface area contributed by atoms with Crippen LogP contribution in [0.4, 0.5) is 5.69 Å². The summed E-state index contributed by atoms with van der Waals surface area (Å²) >= 11 is 3.38. The van der Waals surface area contributed by atoms with Crippen molar-refractivity contribution in [3.8, 4) is 5.75 Å². The van der Waals surface area contributed by atoms with Gasteiger partial charge in [0.2, 0.25) is 0 Å². The molecule has 2 atom stereocenters. The third kappa shape index (κ3) is 3.12. The molecule has 1 aliphatic heterocycles. The molecule has 0 bridgehead atoms. The lowest BCUT2D eigenvalue weighted by molar-refractivity contribution is 0.0264. The number of ether oxygens (including phenoxy) is 2. The molecule has 0 aromatic heterocycles. The van der Waals surface area contributed by atoms with E-state index in [4.69, 9.17) is 15.2 Å². The topological polar surface area (TPSA) is 44.5 Å². The van der Waals surface area contributed by atoms with Gasteiger partial charge in [0.05, 0.1) is 12.2 Å². The molecular weight excluding hydrogens is 270 g/mol. The Hall–Kier alpha value is -0.740. The minimum atomic E-state index is 0.218. The summed E-state index contributed by atoms with van der Waals surface area (Å²) in [7, 11) is 0. The zero-order valence-corrected chi connectivity index (χ0v) is 10.9. The van der Waals surface area contributed by atoms with E-state index in [1.165, 1.54) is 0 Å². The Morgan fingerprint density at radius 2 is 2.25 bits per heavy atom. The lowest BCUT2D eigenvalue weighted by Crippen LogP contribution is -2.17.